The summed E-state index contributed by atoms with van der Waals surface area (Å²) in [7, 11) is 0. The minimum absolute atomic E-state index is 0.116. The molecule has 2 rings (SSSR count). The van der Waals surface area contributed by atoms with E-state index in [1.54, 1.807) is 4.90 Å². The van der Waals surface area contributed by atoms with Gasteiger partial charge in [-0.15, -0.1) is 0 Å². The summed E-state index contributed by atoms with van der Waals surface area (Å²) in [6.45, 7) is 5.88. The van der Waals surface area contributed by atoms with Crippen LogP contribution in [0, 0.1) is 0 Å². The zero-order chi connectivity index (χ0) is 11.5. The van der Waals surface area contributed by atoms with Crippen LogP contribution in [0.15, 0.2) is 12.7 Å². The van der Waals surface area contributed by atoms with Crippen LogP contribution in [0.5, 0.6) is 0 Å². The Balaban J connectivity index is 2.04. The Kier molecular flexibility index (Phi) is 3.27. The van der Waals surface area contributed by atoms with Gasteiger partial charge in [0.2, 0.25) is 11.8 Å². The highest BCUT2D eigenvalue weighted by molar-refractivity contribution is 5.93. The Morgan fingerprint density at radius 2 is 1.81 bits per heavy atom. The summed E-state index contributed by atoms with van der Waals surface area (Å²) in [6, 6.07) is -0.233. The molecule has 88 valence electrons. The molecular weight excluding hydrogens is 204 g/mol. The fourth-order valence-electron chi connectivity index (χ4n) is 2.55. The first kappa shape index (κ1) is 11.2. The molecule has 2 aliphatic rings. The van der Waals surface area contributed by atoms with Crippen LogP contribution in [0.3, 0.4) is 0 Å². The summed E-state index contributed by atoms with van der Waals surface area (Å²) in [4.78, 5) is 27.3. The average Bonchev–Trinajstić information content (AvgIpc) is 2.97. The van der Waals surface area contributed by atoms with Gasteiger partial charge in [0.25, 0.3) is 0 Å². The summed E-state index contributed by atoms with van der Waals surface area (Å²) >= 11 is 0. The molecule has 16 heavy (non-hydrogen) atoms. The molecule has 4 nitrogen and oxygen atoms in total. The Hall–Kier alpha value is -1.32. The number of amides is 2. The van der Waals surface area contributed by atoms with Gasteiger partial charge in [-0.2, -0.15) is 0 Å². The lowest BCUT2D eigenvalue weighted by molar-refractivity contribution is -0.140. The topological polar surface area (TPSA) is 40.6 Å². The van der Waals surface area contributed by atoms with Crippen molar-refractivity contribution in [2.75, 3.05) is 19.6 Å². The van der Waals surface area contributed by atoms with Gasteiger partial charge in [-0.25, -0.2) is 0 Å². The Bertz CT molecular complexity index is 308. The first-order chi connectivity index (χ1) is 7.74. The molecule has 0 N–H and O–H groups in total. The lowest BCUT2D eigenvalue weighted by atomic mass is 10.2. The molecule has 2 fully saturated rings. The number of hydrogen-bond donors (Lipinski definition) is 0. The zero-order valence-electron chi connectivity index (χ0n) is 9.52. The lowest BCUT2D eigenvalue weighted by Gasteiger charge is -2.26. The molecular formula is C12H18N2O2. The van der Waals surface area contributed by atoms with Crippen LogP contribution in [0.25, 0.3) is 0 Å². The van der Waals surface area contributed by atoms with Crippen LogP contribution in [0.2, 0.25) is 0 Å². The van der Waals surface area contributed by atoms with Crippen molar-refractivity contribution in [3.63, 3.8) is 0 Å². The third-order valence-electron chi connectivity index (χ3n) is 3.41. The van der Waals surface area contributed by atoms with E-state index in [0.717, 1.165) is 38.8 Å². The van der Waals surface area contributed by atoms with E-state index >= 15 is 0 Å². The average molecular weight is 222 g/mol. The quantitative estimate of drug-likeness (QED) is 0.648. The molecule has 0 unspecified atom stereocenters. The van der Waals surface area contributed by atoms with E-state index < -0.39 is 0 Å². The Morgan fingerprint density at radius 1 is 1.12 bits per heavy atom. The van der Waals surface area contributed by atoms with E-state index in [1.165, 1.54) is 6.08 Å². The number of likely N-dealkylation sites (tertiary alicyclic amines) is 2. The van der Waals surface area contributed by atoms with E-state index in [9.17, 15) is 9.59 Å². The van der Waals surface area contributed by atoms with Crippen molar-refractivity contribution in [1.82, 2.24) is 9.80 Å². The minimum atomic E-state index is -0.233. The molecule has 4 heteroatoms. The van der Waals surface area contributed by atoms with E-state index in [2.05, 4.69) is 6.58 Å². The van der Waals surface area contributed by atoms with Crippen molar-refractivity contribution in [1.29, 1.82) is 0 Å². The number of carbonyl (C=O) groups is 2. The highest BCUT2D eigenvalue weighted by Gasteiger charge is 2.36. The largest absolute Gasteiger partial charge is 0.341 e. The normalized spacial score (nSPS) is 24.9. The van der Waals surface area contributed by atoms with E-state index in [4.69, 9.17) is 0 Å². The van der Waals surface area contributed by atoms with Gasteiger partial charge in [0.15, 0.2) is 0 Å². The fourth-order valence-corrected chi connectivity index (χ4v) is 2.55. The van der Waals surface area contributed by atoms with Crippen molar-refractivity contribution in [2.24, 2.45) is 0 Å². The van der Waals surface area contributed by atoms with Crippen LogP contribution in [-0.2, 0) is 9.59 Å². The molecule has 0 aromatic heterocycles. The predicted molar refractivity (Wildman–Crippen MR) is 60.7 cm³/mol. The number of nitrogens with zero attached hydrogens (tertiary/aromatic N) is 2. The minimum Gasteiger partial charge on any atom is -0.341 e. The number of carbonyl (C=O) groups excluding carboxylic acids is 2. The highest BCUT2D eigenvalue weighted by atomic mass is 16.2. The van der Waals surface area contributed by atoms with Gasteiger partial charge in [-0.05, 0) is 31.8 Å². The van der Waals surface area contributed by atoms with Gasteiger partial charge in [-0.3, -0.25) is 9.59 Å². The fraction of sp³-hybridized carbons (Fsp3) is 0.667. The molecule has 2 amide bonds. The van der Waals surface area contributed by atoms with Gasteiger partial charge in [0.05, 0.1) is 0 Å². The predicted octanol–water partition coefficient (Wildman–Crippen LogP) is 0.786. The molecule has 0 saturated carbocycles. The van der Waals surface area contributed by atoms with Gasteiger partial charge in [0, 0.05) is 19.6 Å². The summed E-state index contributed by atoms with van der Waals surface area (Å²) < 4.78 is 0. The molecule has 2 saturated heterocycles. The van der Waals surface area contributed by atoms with Crippen LogP contribution in [-0.4, -0.2) is 47.3 Å². The molecule has 0 aromatic carbocycles. The summed E-state index contributed by atoms with van der Waals surface area (Å²) in [6.07, 6.45) is 5.20. The summed E-state index contributed by atoms with van der Waals surface area (Å²) in [5.74, 6) is 0.0141. The second-order valence-electron chi connectivity index (χ2n) is 4.43. The van der Waals surface area contributed by atoms with Gasteiger partial charge >= 0.3 is 0 Å². The molecule has 0 aromatic rings. The highest BCUT2D eigenvalue weighted by Crippen LogP contribution is 2.21. The van der Waals surface area contributed by atoms with Crippen LogP contribution < -0.4 is 0 Å². The molecule has 2 heterocycles. The summed E-state index contributed by atoms with van der Waals surface area (Å²) in [5.41, 5.74) is 0. The van der Waals surface area contributed by atoms with E-state index in [-0.39, 0.29) is 17.9 Å². The van der Waals surface area contributed by atoms with Crippen molar-refractivity contribution >= 4 is 11.8 Å². The van der Waals surface area contributed by atoms with Crippen molar-refractivity contribution in [3.05, 3.63) is 12.7 Å². The molecule has 0 radical (unpaired) electrons. The Labute approximate surface area is 95.9 Å². The van der Waals surface area contributed by atoms with Crippen LogP contribution in [0.1, 0.15) is 25.7 Å². The molecule has 0 bridgehead atoms. The molecule has 0 aliphatic carbocycles. The van der Waals surface area contributed by atoms with Gasteiger partial charge < -0.3 is 9.80 Å². The Morgan fingerprint density at radius 3 is 2.44 bits per heavy atom. The second-order valence-corrected chi connectivity index (χ2v) is 4.43. The maximum Gasteiger partial charge on any atom is 0.246 e. The maximum atomic E-state index is 12.2. The van der Waals surface area contributed by atoms with Crippen molar-refractivity contribution in [3.8, 4) is 0 Å². The lowest BCUT2D eigenvalue weighted by Crippen LogP contribution is -2.46. The van der Waals surface area contributed by atoms with E-state index in [1.807, 2.05) is 4.90 Å². The molecule has 2 aliphatic heterocycles. The standard InChI is InChI=1S/C12H18N2O2/c1-2-11(15)14-9-5-6-10(14)12(16)13-7-3-4-8-13/h2,10H,1,3-9H2/t10-/m0/s1. The van der Waals surface area contributed by atoms with Crippen LogP contribution >= 0.6 is 0 Å². The smallest absolute Gasteiger partial charge is 0.246 e. The molecule has 1 atom stereocenters. The third kappa shape index (κ3) is 1.96. The second kappa shape index (κ2) is 4.68. The number of hydrogen-bond acceptors (Lipinski definition) is 2. The number of rotatable bonds is 2. The first-order valence-corrected chi connectivity index (χ1v) is 5.96. The van der Waals surface area contributed by atoms with E-state index in [0.29, 0.717) is 6.54 Å². The molecule has 0 spiro atoms. The third-order valence-corrected chi connectivity index (χ3v) is 3.41. The van der Waals surface area contributed by atoms with Crippen molar-refractivity contribution in [2.45, 2.75) is 31.7 Å². The zero-order valence-corrected chi connectivity index (χ0v) is 9.52. The summed E-state index contributed by atoms with van der Waals surface area (Å²) in [5, 5.41) is 0. The monoisotopic (exact) mass is 222 g/mol. The van der Waals surface area contributed by atoms with Gasteiger partial charge in [0.1, 0.15) is 6.04 Å². The SMILES string of the molecule is C=CC(=O)N1CCC[C@H]1C(=O)N1CCCC1. The van der Waals surface area contributed by atoms with Crippen molar-refractivity contribution < 1.29 is 9.59 Å². The maximum absolute atomic E-state index is 12.2. The first-order valence-electron chi connectivity index (χ1n) is 5.96. The van der Waals surface area contributed by atoms with Gasteiger partial charge in [-0.1, -0.05) is 6.58 Å². The van der Waals surface area contributed by atoms with Crippen LogP contribution in [0.4, 0.5) is 0 Å².